The van der Waals surface area contributed by atoms with Crippen molar-refractivity contribution in [1.29, 1.82) is 0 Å². The molecule has 1 aromatic carbocycles. The first kappa shape index (κ1) is 18.1. The monoisotopic (exact) mass is 357 g/mol. The third kappa shape index (κ3) is 4.70. The highest BCUT2D eigenvalue weighted by Crippen LogP contribution is 2.19. The number of benzene rings is 1. The quantitative estimate of drug-likeness (QED) is 0.864. The minimum atomic E-state index is -0.173. The van der Waals surface area contributed by atoms with E-state index in [-0.39, 0.29) is 17.4 Å². The Labute approximate surface area is 152 Å². The lowest BCUT2D eigenvalue weighted by atomic mass is 10.0. The fourth-order valence-electron chi connectivity index (χ4n) is 3.17. The number of para-hydroxylation sites is 1. The number of hydrogen-bond acceptors (Lipinski definition) is 5. The summed E-state index contributed by atoms with van der Waals surface area (Å²) in [5, 5.41) is 0. The van der Waals surface area contributed by atoms with Crippen LogP contribution in [0.5, 0.6) is 5.75 Å². The molecule has 138 valence electrons. The van der Waals surface area contributed by atoms with Crippen LogP contribution in [0.25, 0.3) is 0 Å². The lowest BCUT2D eigenvalue weighted by Gasteiger charge is -2.24. The molecule has 1 atom stereocenters. The van der Waals surface area contributed by atoms with Crippen molar-refractivity contribution in [3.63, 3.8) is 0 Å². The highest BCUT2D eigenvalue weighted by atomic mass is 16.5. The van der Waals surface area contributed by atoms with E-state index in [2.05, 4.69) is 9.97 Å². The molecule has 2 aromatic rings. The average molecular weight is 357 g/mol. The van der Waals surface area contributed by atoms with Crippen LogP contribution >= 0.6 is 0 Å². The Hall–Kier alpha value is -2.67. The van der Waals surface area contributed by atoms with Crippen LogP contribution in [-0.2, 0) is 22.4 Å². The van der Waals surface area contributed by atoms with Gasteiger partial charge in [0.1, 0.15) is 5.75 Å². The zero-order valence-corrected chi connectivity index (χ0v) is 14.8. The molecule has 1 fully saturated rings. The summed E-state index contributed by atoms with van der Waals surface area (Å²) >= 11 is 0. The lowest BCUT2D eigenvalue weighted by Crippen LogP contribution is -2.37. The molecule has 7 heteroatoms. The van der Waals surface area contributed by atoms with Gasteiger partial charge in [-0.1, -0.05) is 18.2 Å². The number of nitrogens with zero attached hydrogens (tertiary/aromatic N) is 2. The smallest absolute Gasteiger partial charge is 0.250 e. The Bertz CT molecular complexity index is 805. The number of aromatic nitrogens is 2. The van der Waals surface area contributed by atoms with Gasteiger partial charge < -0.3 is 19.4 Å². The third-order valence-electron chi connectivity index (χ3n) is 4.46. The predicted octanol–water partition coefficient (Wildman–Crippen LogP) is 1.04. The SMILES string of the molecule is COc1ccccc1CC(=O)N1CCOC[C@H](Cc2cc(=O)[nH]cn2)C1. The third-order valence-corrected chi connectivity index (χ3v) is 4.46. The molecule has 1 N–H and O–H groups in total. The average Bonchev–Trinajstić information content (AvgIpc) is 2.88. The second-order valence-electron chi connectivity index (χ2n) is 6.38. The number of aromatic amines is 1. The Morgan fingerprint density at radius 1 is 1.42 bits per heavy atom. The van der Waals surface area contributed by atoms with E-state index in [9.17, 15) is 9.59 Å². The first-order chi connectivity index (χ1) is 12.7. The molecule has 1 amide bonds. The summed E-state index contributed by atoms with van der Waals surface area (Å²) in [5.74, 6) is 0.869. The number of carbonyl (C=O) groups excluding carboxylic acids is 1. The molecule has 0 bridgehead atoms. The van der Waals surface area contributed by atoms with Gasteiger partial charge in [0.05, 0.1) is 33.1 Å². The maximum absolute atomic E-state index is 12.8. The second kappa shape index (κ2) is 8.62. The van der Waals surface area contributed by atoms with Crippen molar-refractivity contribution in [3.05, 3.63) is 58.3 Å². The topological polar surface area (TPSA) is 84.5 Å². The van der Waals surface area contributed by atoms with Crippen molar-refractivity contribution in [2.24, 2.45) is 5.92 Å². The summed E-state index contributed by atoms with van der Waals surface area (Å²) in [5.41, 5.74) is 1.41. The number of rotatable bonds is 5. The van der Waals surface area contributed by atoms with Gasteiger partial charge in [-0.3, -0.25) is 9.59 Å². The molecule has 1 aliphatic heterocycles. The van der Waals surface area contributed by atoms with Gasteiger partial charge in [0.25, 0.3) is 5.56 Å². The first-order valence-corrected chi connectivity index (χ1v) is 8.66. The minimum Gasteiger partial charge on any atom is -0.496 e. The van der Waals surface area contributed by atoms with Crippen LogP contribution in [0.1, 0.15) is 11.3 Å². The first-order valence-electron chi connectivity index (χ1n) is 8.66. The fourth-order valence-corrected chi connectivity index (χ4v) is 3.17. The van der Waals surface area contributed by atoms with Gasteiger partial charge in [-0.25, -0.2) is 4.98 Å². The van der Waals surface area contributed by atoms with E-state index in [1.54, 1.807) is 7.11 Å². The molecule has 0 radical (unpaired) electrons. The Kier molecular flexibility index (Phi) is 6.01. The number of amides is 1. The van der Waals surface area contributed by atoms with Gasteiger partial charge in [0.15, 0.2) is 0 Å². The number of hydrogen-bond donors (Lipinski definition) is 1. The van der Waals surface area contributed by atoms with Crippen LogP contribution in [0.3, 0.4) is 0 Å². The highest BCUT2D eigenvalue weighted by Gasteiger charge is 2.24. The van der Waals surface area contributed by atoms with Gasteiger partial charge in [0, 0.05) is 36.3 Å². The molecular weight excluding hydrogens is 334 g/mol. The van der Waals surface area contributed by atoms with Crippen LogP contribution in [0.2, 0.25) is 0 Å². The number of H-pyrrole nitrogens is 1. The minimum absolute atomic E-state index is 0.0452. The highest BCUT2D eigenvalue weighted by molar-refractivity contribution is 5.79. The number of methoxy groups -OCH3 is 1. The van der Waals surface area contributed by atoms with Gasteiger partial charge in [-0.15, -0.1) is 0 Å². The fraction of sp³-hybridized carbons (Fsp3) is 0.421. The van der Waals surface area contributed by atoms with Crippen molar-refractivity contribution in [2.75, 3.05) is 33.4 Å². The molecule has 0 aliphatic carbocycles. The Balaban J connectivity index is 1.66. The molecule has 0 saturated carbocycles. The van der Waals surface area contributed by atoms with Crippen molar-refractivity contribution in [3.8, 4) is 5.75 Å². The summed E-state index contributed by atoms with van der Waals surface area (Å²) in [6, 6.07) is 9.04. The second-order valence-corrected chi connectivity index (χ2v) is 6.38. The zero-order valence-electron chi connectivity index (χ0n) is 14.8. The Morgan fingerprint density at radius 3 is 3.08 bits per heavy atom. The molecule has 2 heterocycles. The van der Waals surface area contributed by atoms with Gasteiger partial charge in [-0.05, 0) is 12.5 Å². The van der Waals surface area contributed by atoms with E-state index in [4.69, 9.17) is 9.47 Å². The summed E-state index contributed by atoms with van der Waals surface area (Å²) < 4.78 is 11.0. The molecule has 0 unspecified atom stereocenters. The number of nitrogens with one attached hydrogen (secondary N) is 1. The maximum Gasteiger partial charge on any atom is 0.250 e. The predicted molar refractivity (Wildman–Crippen MR) is 96.1 cm³/mol. The van der Waals surface area contributed by atoms with Crippen LogP contribution in [0.4, 0.5) is 0 Å². The van der Waals surface area contributed by atoms with Crippen molar-refractivity contribution in [1.82, 2.24) is 14.9 Å². The van der Waals surface area contributed by atoms with Crippen molar-refractivity contribution in [2.45, 2.75) is 12.8 Å². The molecule has 7 nitrogen and oxygen atoms in total. The largest absolute Gasteiger partial charge is 0.496 e. The van der Waals surface area contributed by atoms with Crippen molar-refractivity contribution < 1.29 is 14.3 Å². The molecule has 3 rings (SSSR count). The Morgan fingerprint density at radius 2 is 2.27 bits per heavy atom. The molecule has 1 aliphatic rings. The van der Waals surface area contributed by atoms with Crippen molar-refractivity contribution >= 4 is 5.91 Å². The summed E-state index contributed by atoms with van der Waals surface area (Å²) in [7, 11) is 1.60. The van der Waals surface area contributed by atoms with E-state index in [1.165, 1.54) is 12.4 Å². The summed E-state index contributed by atoms with van der Waals surface area (Å²) in [6.45, 7) is 2.21. The van der Waals surface area contributed by atoms with Crippen LogP contribution < -0.4 is 10.3 Å². The van der Waals surface area contributed by atoms with Gasteiger partial charge in [-0.2, -0.15) is 0 Å². The molecule has 1 aromatic heterocycles. The standard InChI is InChI=1S/C19H23N3O4/c1-25-17-5-3-2-4-15(17)9-19(24)22-6-7-26-12-14(11-22)8-16-10-18(23)21-13-20-16/h2-5,10,13-14H,6-9,11-12H2,1H3,(H,20,21,23)/t14-/m1/s1. The molecule has 1 saturated heterocycles. The van der Waals surface area contributed by atoms with Gasteiger partial charge >= 0.3 is 0 Å². The lowest BCUT2D eigenvalue weighted by molar-refractivity contribution is -0.130. The van der Waals surface area contributed by atoms with Crippen LogP contribution in [-0.4, -0.2) is 54.2 Å². The maximum atomic E-state index is 12.8. The number of ether oxygens (including phenoxy) is 2. The zero-order chi connectivity index (χ0) is 18.4. The van der Waals surface area contributed by atoms with E-state index in [0.29, 0.717) is 44.8 Å². The van der Waals surface area contributed by atoms with E-state index < -0.39 is 0 Å². The molecular formula is C19H23N3O4. The number of carbonyl (C=O) groups is 1. The normalized spacial score (nSPS) is 17.6. The van der Waals surface area contributed by atoms with E-state index in [0.717, 1.165) is 11.3 Å². The van der Waals surface area contributed by atoms with Crippen LogP contribution in [0, 0.1) is 5.92 Å². The van der Waals surface area contributed by atoms with Crippen LogP contribution in [0.15, 0.2) is 41.5 Å². The molecule has 0 spiro atoms. The molecule has 26 heavy (non-hydrogen) atoms. The summed E-state index contributed by atoms with van der Waals surface area (Å²) in [6.07, 6.45) is 2.29. The van der Waals surface area contributed by atoms with E-state index in [1.807, 2.05) is 29.2 Å². The van der Waals surface area contributed by atoms with Gasteiger partial charge in [0.2, 0.25) is 5.91 Å². The van der Waals surface area contributed by atoms with E-state index >= 15 is 0 Å². The summed E-state index contributed by atoms with van der Waals surface area (Å²) in [4.78, 5) is 32.8.